The van der Waals surface area contributed by atoms with Gasteiger partial charge in [-0.2, -0.15) is 0 Å². The van der Waals surface area contributed by atoms with Crippen molar-refractivity contribution in [2.75, 3.05) is 14.2 Å². The van der Waals surface area contributed by atoms with Gasteiger partial charge in [0.05, 0.1) is 19.4 Å². The maximum Gasteiger partial charge on any atom is 0.360 e. The van der Waals surface area contributed by atoms with Gasteiger partial charge < -0.3 is 14.8 Å². The molecular formula is C13H22N4O4. The minimum atomic E-state index is -0.609. The van der Waals surface area contributed by atoms with E-state index in [-0.39, 0.29) is 30.3 Å². The molecule has 0 saturated carbocycles. The van der Waals surface area contributed by atoms with Crippen molar-refractivity contribution in [2.45, 2.75) is 45.9 Å². The maximum atomic E-state index is 12.0. The summed E-state index contributed by atoms with van der Waals surface area (Å²) in [6.45, 7) is 5.93. The SMILES string of the molecule is CCC(C)(C)NC(=O)Cn1nnc(C(=O)OC)c1COC. The van der Waals surface area contributed by atoms with Crippen LogP contribution in [0.3, 0.4) is 0 Å². The molecule has 0 fully saturated rings. The van der Waals surface area contributed by atoms with Gasteiger partial charge in [0.2, 0.25) is 5.91 Å². The van der Waals surface area contributed by atoms with Crippen molar-refractivity contribution in [1.29, 1.82) is 0 Å². The number of hydrogen-bond donors (Lipinski definition) is 1. The first kappa shape index (κ1) is 17.1. The summed E-state index contributed by atoms with van der Waals surface area (Å²) in [5, 5.41) is 10.5. The van der Waals surface area contributed by atoms with E-state index in [0.29, 0.717) is 5.69 Å². The molecule has 1 heterocycles. The second-order valence-electron chi connectivity index (χ2n) is 5.25. The van der Waals surface area contributed by atoms with E-state index in [1.54, 1.807) is 0 Å². The summed E-state index contributed by atoms with van der Waals surface area (Å²) in [6.07, 6.45) is 0.800. The standard InChI is InChI=1S/C13H22N4O4/c1-6-13(2,3)14-10(18)7-17-9(8-20-4)11(15-16-17)12(19)21-5/h6-8H2,1-5H3,(H,14,18). The van der Waals surface area contributed by atoms with Gasteiger partial charge in [0.15, 0.2) is 5.69 Å². The van der Waals surface area contributed by atoms with Crippen molar-refractivity contribution >= 4 is 11.9 Å². The van der Waals surface area contributed by atoms with Crippen LogP contribution < -0.4 is 5.32 Å². The molecule has 1 N–H and O–H groups in total. The van der Waals surface area contributed by atoms with Crippen LogP contribution in [-0.4, -0.2) is 46.6 Å². The number of methoxy groups -OCH3 is 2. The predicted octanol–water partition coefficient (Wildman–Crippen LogP) is 0.516. The molecule has 0 aliphatic heterocycles. The number of esters is 1. The van der Waals surface area contributed by atoms with Gasteiger partial charge in [0.1, 0.15) is 6.54 Å². The Hall–Kier alpha value is -1.96. The summed E-state index contributed by atoms with van der Waals surface area (Å²) >= 11 is 0. The van der Waals surface area contributed by atoms with Crippen molar-refractivity contribution in [3.63, 3.8) is 0 Å². The summed E-state index contributed by atoms with van der Waals surface area (Å²) < 4.78 is 11.0. The lowest BCUT2D eigenvalue weighted by Gasteiger charge is -2.24. The zero-order valence-corrected chi connectivity index (χ0v) is 13.1. The Bertz CT molecular complexity index is 510. The number of nitrogens with zero attached hydrogens (tertiary/aromatic N) is 3. The number of carbonyl (C=O) groups is 2. The molecule has 0 aliphatic rings. The number of ether oxygens (including phenoxy) is 2. The minimum Gasteiger partial charge on any atom is -0.464 e. The predicted molar refractivity (Wildman–Crippen MR) is 74.6 cm³/mol. The molecule has 0 radical (unpaired) electrons. The quantitative estimate of drug-likeness (QED) is 0.737. The van der Waals surface area contributed by atoms with Crippen LogP contribution in [0.5, 0.6) is 0 Å². The van der Waals surface area contributed by atoms with Crippen LogP contribution in [0.25, 0.3) is 0 Å². The van der Waals surface area contributed by atoms with Crippen LogP contribution in [0, 0.1) is 0 Å². The van der Waals surface area contributed by atoms with E-state index in [2.05, 4.69) is 20.4 Å². The Morgan fingerprint density at radius 1 is 1.33 bits per heavy atom. The molecule has 0 spiro atoms. The maximum absolute atomic E-state index is 12.0. The van der Waals surface area contributed by atoms with Crippen LogP contribution in [-0.2, 0) is 27.4 Å². The smallest absolute Gasteiger partial charge is 0.360 e. The van der Waals surface area contributed by atoms with E-state index < -0.39 is 5.97 Å². The van der Waals surface area contributed by atoms with E-state index in [1.807, 2.05) is 20.8 Å². The monoisotopic (exact) mass is 298 g/mol. The summed E-state index contributed by atoms with van der Waals surface area (Å²) in [7, 11) is 2.74. The zero-order valence-electron chi connectivity index (χ0n) is 13.1. The largest absolute Gasteiger partial charge is 0.464 e. The zero-order chi connectivity index (χ0) is 16.0. The molecule has 0 saturated heterocycles. The van der Waals surface area contributed by atoms with E-state index in [4.69, 9.17) is 4.74 Å². The van der Waals surface area contributed by atoms with Gasteiger partial charge in [-0.1, -0.05) is 12.1 Å². The van der Waals surface area contributed by atoms with E-state index >= 15 is 0 Å². The van der Waals surface area contributed by atoms with Crippen LogP contribution in [0.2, 0.25) is 0 Å². The normalized spacial score (nSPS) is 11.3. The van der Waals surface area contributed by atoms with Crippen molar-refractivity contribution < 1.29 is 19.1 Å². The molecule has 1 rings (SSSR count). The van der Waals surface area contributed by atoms with E-state index in [0.717, 1.165) is 6.42 Å². The molecule has 21 heavy (non-hydrogen) atoms. The third kappa shape index (κ3) is 4.52. The molecule has 0 atom stereocenters. The number of nitrogens with one attached hydrogen (secondary N) is 1. The molecule has 1 aromatic rings. The minimum absolute atomic E-state index is 0.0356. The van der Waals surface area contributed by atoms with Gasteiger partial charge in [-0.25, -0.2) is 9.48 Å². The van der Waals surface area contributed by atoms with Crippen molar-refractivity contribution in [1.82, 2.24) is 20.3 Å². The fourth-order valence-electron chi connectivity index (χ4n) is 1.64. The molecule has 0 aromatic carbocycles. The summed E-state index contributed by atoms with van der Waals surface area (Å²) in [5.74, 6) is -0.817. The highest BCUT2D eigenvalue weighted by Crippen LogP contribution is 2.10. The number of hydrogen-bond acceptors (Lipinski definition) is 6. The average molecular weight is 298 g/mol. The molecule has 1 amide bonds. The van der Waals surface area contributed by atoms with Crippen molar-refractivity contribution in [3.05, 3.63) is 11.4 Å². The highest BCUT2D eigenvalue weighted by Gasteiger charge is 2.23. The molecule has 118 valence electrons. The van der Waals surface area contributed by atoms with Crippen LogP contribution >= 0.6 is 0 Å². The van der Waals surface area contributed by atoms with Gasteiger partial charge in [0, 0.05) is 12.6 Å². The molecule has 0 bridgehead atoms. The van der Waals surface area contributed by atoms with Gasteiger partial charge in [-0.15, -0.1) is 5.10 Å². The van der Waals surface area contributed by atoms with Crippen LogP contribution in [0.4, 0.5) is 0 Å². The van der Waals surface area contributed by atoms with Crippen LogP contribution in [0.1, 0.15) is 43.4 Å². The summed E-state index contributed by atoms with van der Waals surface area (Å²) in [5.41, 5.74) is 0.167. The van der Waals surface area contributed by atoms with Crippen molar-refractivity contribution in [3.8, 4) is 0 Å². The molecule has 1 aromatic heterocycles. The Balaban J connectivity index is 2.90. The highest BCUT2D eigenvalue weighted by atomic mass is 16.5. The number of rotatable bonds is 7. The summed E-state index contributed by atoms with van der Waals surface area (Å²) in [6, 6.07) is 0. The van der Waals surface area contributed by atoms with Crippen LogP contribution in [0.15, 0.2) is 0 Å². The second kappa shape index (κ2) is 7.16. The second-order valence-corrected chi connectivity index (χ2v) is 5.25. The third-order valence-corrected chi connectivity index (χ3v) is 3.15. The number of carbonyl (C=O) groups excluding carboxylic acids is 2. The van der Waals surface area contributed by atoms with Gasteiger partial charge >= 0.3 is 5.97 Å². The lowest BCUT2D eigenvalue weighted by molar-refractivity contribution is -0.123. The Morgan fingerprint density at radius 3 is 2.52 bits per heavy atom. The van der Waals surface area contributed by atoms with Gasteiger partial charge in [-0.3, -0.25) is 4.79 Å². The molecule has 0 aliphatic carbocycles. The first-order valence-electron chi connectivity index (χ1n) is 6.65. The molecule has 8 heteroatoms. The fraction of sp³-hybridized carbons (Fsp3) is 0.692. The fourth-order valence-corrected chi connectivity index (χ4v) is 1.64. The third-order valence-electron chi connectivity index (χ3n) is 3.15. The Kier molecular flexibility index (Phi) is 5.83. The molecule has 8 nitrogen and oxygen atoms in total. The number of amides is 1. The highest BCUT2D eigenvalue weighted by molar-refractivity contribution is 5.88. The van der Waals surface area contributed by atoms with E-state index in [1.165, 1.54) is 18.9 Å². The first-order valence-corrected chi connectivity index (χ1v) is 6.65. The lowest BCUT2D eigenvalue weighted by Crippen LogP contribution is -2.44. The lowest BCUT2D eigenvalue weighted by atomic mass is 10.0. The molecular weight excluding hydrogens is 276 g/mol. The Morgan fingerprint density at radius 2 is 2.00 bits per heavy atom. The van der Waals surface area contributed by atoms with E-state index in [9.17, 15) is 9.59 Å². The summed E-state index contributed by atoms with van der Waals surface area (Å²) in [4.78, 5) is 23.6. The van der Waals surface area contributed by atoms with Crippen molar-refractivity contribution in [2.24, 2.45) is 0 Å². The molecule has 0 unspecified atom stereocenters. The van der Waals surface area contributed by atoms with Gasteiger partial charge in [0.25, 0.3) is 0 Å². The first-order chi connectivity index (χ1) is 9.84. The number of aromatic nitrogens is 3. The Labute approximate surface area is 123 Å². The van der Waals surface area contributed by atoms with Gasteiger partial charge in [-0.05, 0) is 20.3 Å². The average Bonchev–Trinajstić information content (AvgIpc) is 2.81. The topological polar surface area (TPSA) is 95.3 Å².